The molecule has 1 atom stereocenters. The number of aliphatic hydroxyl groups is 1. The Hall–Kier alpha value is -1.75. The molecule has 16 heavy (non-hydrogen) atoms. The van der Waals surface area contributed by atoms with Gasteiger partial charge in [-0.25, -0.2) is 13.2 Å². The normalized spacial score (nSPS) is 12.8. The molecule has 0 bridgehead atoms. The fraction of sp³-hybridized carbons (Fsp3) is 0.0909. The van der Waals surface area contributed by atoms with Gasteiger partial charge in [0.05, 0.1) is 6.26 Å². The Labute approximate surface area is 88.9 Å². The molecule has 0 saturated carbocycles. The van der Waals surface area contributed by atoms with E-state index in [-0.39, 0.29) is 11.3 Å². The van der Waals surface area contributed by atoms with Crippen LogP contribution >= 0.6 is 0 Å². The van der Waals surface area contributed by atoms with Gasteiger partial charge in [-0.15, -0.1) is 0 Å². The highest BCUT2D eigenvalue weighted by atomic mass is 19.2. The minimum Gasteiger partial charge on any atom is -0.466 e. The largest absolute Gasteiger partial charge is 0.466 e. The van der Waals surface area contributed by atoms with Gasteiger partial charge in [-0.05, 0) is 29.8 Å². The lowest BCUT2D eigenvalue weighted by Gasteiger charge is -2.08. The SMILES string of the molecule is O[C@H](c1cc(F)c(F)c(F)c1)c1ccco1. The van der Waals surface area contributed by atoms with E-state index in [0.717, 1.165) is 12.1 Å². The third-order valence-electron chi connectivity index (χ3n) is 2.13. The third kappa shape index (κ3) is 1.81. The standard InChI is InChI=1S/C11H7F3O2/c12-7-4-6(5-8(13)10(7)14)11(15)9-2-1-3-16-9/h1-5,11,15H/t11-/m1/s1. The van der Waals surface area contributed by atoms with Crippen molar-refractivity contribution in [1.82, 2.24) is 0 Å². The number of benzene rings is 1. The molecule has 1 N–H and O–H groups in total. The average Bonchev–Trinajstić information content (AvgIpc) is 2.77. The summed E-state index contributed by atoms with van der Waals surface area (Å²) in [5.74, 6) is -4.12. The van der Waals surface area contributed by atoms with Crippen LogP contribution in [0.5, 0.6) is 0 Å². The van der Waals surface area contributed by atoms with Gasteiger partial charge in [0.1, 0.15) is 11.9 Å². The van der Waals surface area contributed by atoms with Crippen molar-refractivity contribution in [2.45, 2.75) is 6.10 Å². The second kappa shape index (κ2) is 4.02. The van der Waals surface area contributed by atoms with E-state index in [2.05, 4.69) is 0 Å². The summed E-state index contributed by atoms with van der Waals surface area (Å²) in [6.45, 7) is 0. The maximum atomic E-state index is 12.9. The van der Waals surface area contributed by atoms with Crippen LogP contribution in [0, 0.1) is 17.5 Å². The van der Waals surface area contributed by atoms with Crippen molar-refractivity contribution >= 4 is 0 Å². The van der Waals surface area contributed by atoms with Crippen molar-refractivity contribution in [2.24, 2.45) is 0 Å². The molecule has 84 valence electrons. The maximum Gasteiger partial charge on any atom is 0.194 e. The summed E-state index contributed by atoms with van der Waals surface area (Å²) in [5, 5.41) is 9.67. The van der Waals surface area contributed by atoms with Crippen molar-refractivity contribution in [2.75, 3.05) is 0 Å². The molecule has 1 aromatic carbocycles. The summed E-state index contributed by atoms with van der Waals surface area (Å²) < 4.78 is 43.3. The number of furan rings is 1. The second-order valence-electron chi connectivity index (χ2n) is 3.22. The van der Waals surface area contributed by atoms with Crippen LogP contribution in [-0.2, 0) is 0 Å². The van der Waals surface area contributed by atoms with E-state index in [1.54, 1.807) is 0 Å². The zero-order chi connectivity index (χ0) is 11.7. The number of halogens is 3. The van der Waals surface area contributed by atoms with Crippen LogP contribution in [0.1, 0.15) is 17.4 Å². The van der Waals surface area contributed by atoms with Crippen LogP contribution in [0.3, 0.4) is 0 Å². The molecule has 2 nitrogen and oxygen atoms in total. The minimum atomic E-state index is -1.56. The number of hydrogen-bond acceptors (Lipinski definition) is 2. The molecule has 1 heterocycles. The van der Waals surface area contributed by atoms with Gasteiger partial charge in [0, 0.05) is 0 Å². The quantitative estimate of drug-likeness (QED) is 0.802. The van der Waals surface area contributed by atoms with Crippen LogP contribution < -0.4 is 0 Å². The number of aliphatic hydroxyl groups excluding tert-OH is 1. The van der Waals surface area contributed by atoms with Crippen LogP contribution in [0.4, 0.5) is 13.2 Å². The van der Waals surface area contributed by atoms with E-state index >= 15 is 0 Å². The smallest absolute Gasteiger partial charge is 0.194 e. The lowest BCUT2D eigenvalue weighted by molar-refractivity contribution is 0.188. The molecule has 0 aliphatic heterocycles. The van der Waals surface area contributed by atoms with E-state index < -0.39 is 23.6 Å². The van der Waals surface area contributed by atoms with Crippen molar-refractivity contribution in [3.63, 3.8) is 0 Å². The highest BCUT2D eigenvalue weighted by Crippen LogP contribution is 2.25. The Morgan fingerprint density at radius 2 is 1.75 bits per heavy atom. The molecule has 0 radical (unpaired) electrons. The van der Waals surface area contributed by atoms with Crippen LogP contribution in [-0.4, -0.2) is 5.11 Å². The lowest BCUT2D eigenvalue weighted by atomic mass is 10.1. The first-order valence-electron chi connectivity index (χ1n) is 4.45. The molecule has 0 aliphatic carbocycles. The molecule has 0 saturated heterocycles. The summed E-state index contributed by atoms with van der Waals surface area (Å²) in [5.41, 5.74) is -0.105. The lowest BCUT2D eigenvalue weighted by Crippen LogP contribution is -2.02. The molecule has 0 aliphatic rings. The molecule has 1 aromatic heterocycles. The summed E-state index contributed by atoms with van der Waals surface area (Å²) in [6.07, 6.45) is -0.00554. The van der Waals surface area contributed by atoms with E-state index in [4.69, 9.17) is 4.42 Å². The first kappa shape index (κ1) is 10.8. The minimum absolute atomic E-state index is 0.105. The molecular formula is C11H7F3O2. The molecule has 2 rings (SSSR count). The van der Waals surface area contributed by atoms with Crippen molar-refractivity contribution in [3.05, 3.63) is 59.3 Å². The van der Waals surface area contributed by atoms with Gasteiger partial charge in [-0.3, -0.25) is 0 Å². The van der Waals surface area contributed by atoms with Crippen LogP contribution in [0.25, 0.3) is 0 Å². The Bertz CT molecular complexity index is 471. The summed E-state index contributed by atoms with van der Waals surface area (Å²) >= 11 is 0. The maximum absolute atomic E-state index is 12.9. The molecule has 5 heteroatoms. The Balaban J connectivity index is 2.42. The van der Waals surface area contributed by atoms with Crippen molar-refractivity contribution in [3.8, 4) is 0 Å². The Morgan fingerprint density at radius 3 is 2.25 bits per heavy atom. The second-order valence-corrected chi connectivity index (χ2v) is 3.22. The van der Waals surface area contributed by atoms with Gasteiger partial charge in [0.2, 0.25) is 0 Å². The van der Waals surface area contributed by atoms with Gasteiger partial charge in [-0.1, -0.05) is 0 Å². The summed E-state index contributed by atoms with van der Waals surface area (Å²) in [7, 11) is 0. The molecule has 0 spiro atoms. The first-order chi connectivity index (χ1) is 7.59. The predicted octanol–water partition coefficient (Wildman–Crippen LogP) is 2.78. The molecular weight excluding hydrogens is 221 g/mol. The van der Waals surface area contributed by atoms with Crippen molar-refractivity contribution < 1.29 is 22.7 Å². The highest BCUT2D eigenvalue weighted by molar-refractivity contribution is 5.26. The monoisotopic (exact) mass is 228 g/mol. The van der Waals surface area contributed by atoms with Gasteiger partial charge < -0.3 is 9.52 Å². The Kier molecular flexibility index (Phi) is 2.70. The van der Waals surface area contributed by atoms with Crippen LogP contribution in [0.15, 0.2) is 34.9 Å². The zero-order valence-electron chi connectivity index (χ0n) is 7.95. The van der Waals surface area contributed by atoms with Crippen LogP contribution in [0.2, 0.25) is 0 Å². The van der Waals surface area contributed by atoms with E-state index in [1.165, 1.54) is 18.4 Å². The topological polar surface area (TPSA) is 33.4 Å². The number of hydrogen-bond donors (Lipinski definition) is 1. The predicted molar refractivity (Wildman–Crippen MR) is 49.1 cm³/mol. The summed E-state index contributed by atoms with van der Waals surface area (Å²) in [4.78, 5) is 0. The fourth-order valence-corrected chi connectivity index (χ4v) is 1.34. The summed E-state index contributed by atoms with van der Waals surface area (Å²) in [6, 6.07) is 4.43. The van der Waals surface area contributed by atoms with E-state index in [1.807, 2.05) is 0 Å². The van der Waals surface area contributed by atoms with E-state index in [0.29, 0.717) is 0 Å². The molecule has 0 fully saturated rings. The van der Waals surface area contributed by atoms with Gasteiger partial charge in [-0.2, -0.15) is 0 Å². The third-order valence-corrected chi connectivity index (χ3v) is 2.13. The van der Waals surface area contributed by atoms with Gasteiger partial charge in [0.15, 0.2) is 17.5 Å². The van der Waals surface area contributed by atoms with E-state index in [9.17, 15) is 18.3 Å². The van der Waals surface area contributed by atoms with Gasteiger partial charge in [0.25, 0.3) is 0 Å². The Morgan fingerprint density at radius 1 is 1.12 bits per heavy atom. The molecule has 0 unspecified atom stereocenters. The van der Waals surface area contributed by atoms with Crippen molar-refractivity contribution in [1.29, 1.82) is 0 Å². The highest BCUT2D eigenvalue weighted by Gasteiger charge is 2.18. The fourth-order valence-electron chi connectivity index (χ4n) is 1.34. The molecule has 2 aromatic rings. The average molecular weight is 228 g/mol. The first-order valence-corrected chi connectivity index (χ1v) is 4.45. The molecule has 0 amide bonds. The zero-order valence-corrected chi connectivity index (χ0v) is 7.95. The number of rotatable bonds is 2. The van der Waals surface area contributed by atoms with Gasteiger partial charge >= 0.3 is 0 Å².